The molecule has 114 valence electrons. The first kappa shape index (κ1) is 15.4. The number of nitrogens with one attached hydrogen (secondary N) is 1. The maximum absolute atomic E-state index is 13.5. The van der Waals surface area contributed by atoms with E-state index in [9.17, 15) is 18.4 Å². The standard InChI is InChI=1S/C15H17F2NO3/c16-11-3-4-12(17)10(7-11)8-13(19)18-15(9-14(20)21)5-1-2-6-15/h3-4,7H,1-2,5-6,8-9H2,(H,18,19)(H,20,21). The summed E-state index contributed by atoms with van der Waals surface area (Å²) in [4.78, 5) is 23.0. The summed E-state index contributed by atoms with van der Waals surface area (Å²) in [6.07, 6.45) is 2.44. The van der Waals surface area contributed by atoms with Gasteiger partial charge >= 0.3 is 5.97 Å². The first-order chi connectivity index (χ1) is 9.90. The molecule has 4 nitrogen and oxygen atoms in total. The molecule has 1 fully saturated rings. The molecule has 6 heteroatoms. The van der Waals surface area contributed by atoms with Gasteiger partial charge in [-0.05, 0) is 31.0 Å². The summed E-state index contributed by atoms with van der Waals surface area (Å²) in [7, 11) is 0. The van der Waals surface area contributed by atoms with Crippen molar-refractivity contribution in [2.75, 3.05) is 0 Å². The van der Waals surface area contributed by atoms with Crippen molar-refractivity contribution in [3.05, 3.63) is 35.4 Å². The molecule has 1 aromatic rings. The summed E-state index contributed by atoms with van der Waals surface area (Å²) in [5.41, 5.74) is -0.789. The molecule has 1 saturated carbocycles. The SMILES string of the molecule is O=C(O)CC1(NC(=O)Cc2cc(F)ccc2F)CCCC1. The molecule has 0 heterocycles. The fourth-order valence-corrected chi connectivity index (χ4v) is 2.88. The number of benzene rings is 1. The highest BCUT2D eigenvalue weighted by Crippen LogP contribution is 2.32. The maximum Gasteiger partial charge on any atom is 0.305 e. The van der Waals surface area contributed by atoms with Crippen molar-refractivity contribution in [2.24, 2.45) is 0 Å². The van der Waals surface area contributed by atoms with Crippen molar-refractivity contribution in [2.45, 2.75) is 44.1 Å². The van der Waals surface area contributed by atoms with Crippen LogP contribution in [0.1, 0.15) is 37.7 Å². The van der Waals surface area contributed by atoms with E-state index in [2.05, 4.69) is 5.32 Å². The highest BCUT2D eigenvalue weighted by atomic mass is 19.1. The fourth-order valence-electron chi connectivity index (χ4n) is 2.88. The van der Waals surface area contributed by atoms with Gasteiger partial charge in [0, 0.05) is 5.56 Å². The number of carboxylic acid groups (broad SMARTS) is 1. The van der Waals surface area contributed by atoms with Crippen LogP contribution in [0, 0.1) is 11.6 Å². The minimum atomic E-state index is -0.978. The van der Waals surface area contributed by atoms with Gasteiger partial charge in [0.1, 0.15) is 11.6 Å². The topological polar surface area (TPSA) is 66.4 Å². The smallest absolute Gasteiger partial charge is 0.305 e. The van der Waals surface area contributed by atoms with Gasteiger partial charge < -0.3 is 10.4 Å². The predicted octanol–water partition coefficient (Wildman–Crippen LogP) is 2.41. The first-order valence-electron chi connectivity index (χ1n) is 6.87. The van der Waals surface area contributed by atoms with Crippen molar-refractivity contribution in [3.63, 3.8) is 0 Å². The monoisotopic (exact) mass is 297 g/mol. The summed E-state index contributed by atoms with van der Waals surface area (Å²) < 4.78 is 26.6. The van der Waals surface area contributed by atoms with E-state index < -0.39 is 29.0 Å². The van der Waals surface area contributed by atoms with E-state index >= 15 is 0 Å². The van der Waals surface area contributed by atoms with E-state index in [0.29, 0.717) is 12.8 Å². The number of carbonyl (C=O) groups excluding carboxylic acids is 1. The van der Waals surface area contributed by atoms with Gasteiger partial charge in [-0.3, -0.25) is 9.59 Å². The molecule has 21 heavy (non-hydrogen) atoms. The van der Waals surface area contributed by atoms with Crippen LogP contribution in [0.2, 0.25) is 0 Å². The number of hydrogen-bond donors (Lipinski definition) is 2. The molecule has 0 radical (unpaired) electrons. The highest BCUT2D eigenvalue weighted by Gasteiger charge is 2.37. The van der Waals surface area contributed by atoms with Gasteiger partial charge in [0.2, 0.25) is 5.91 Å². The molecule has 1 aromatic carbocycles. The Hall–Kier alpha value is -1.98. The van der Waals surface area contributed by atoms with Gasteiger partial charge in [0.15, 0.2) is 0 Å². The third-order valence-corrected chi connectivity index (χ3v) is 3.81. The second-order valence-corrected chi connectivity index (χ2v) is 5.52. The van der Waals surface area contributed by atoms with Crippen molar-refractivity contribution < 1.29 is 23.5 Å². The summed E-state index contributed by atoms with van der Waals surface area (Å²) in [6, 6.07) is 2.94. The van der Waals surface area contributed by atoms with Crippen LogP contribution in [0.25, 0.3) is 0 Å². The summed E-state index contributed by atoms with van der Waals surface area (Å²) in [5, 5.41) is 11.7. The second-order valence-electron chi connectivity index (χ2n) is 5.52. The number of amides is 1. The average molecular weight is 297 g/mol. The minimum Gasteiger partial charge on any atom is -0.481 e. The van der Waals surface area contributed by atoms with E-state index in [1.807, 2.05) is 0 Å². The zero-order valence-corrected chi connectivity index (χ0v) is 11.5. The second kappa shape index (κ2) is 6.20. The molecular weight excluding hydrogens is 280 g/mol. The molecule has 0 saturated heterocycles. The van der Waals surface area contributed by atoms with Crippen LogP contribution in [-0.2, 0) is 16.0 Å². The van der Waals surface area contributed by atoms with Gasteiger partial charge in [-0.15, -0.1) is 0 Å². The molecule has 0 aliphatic heterocycles. The zero-order chi connectivity index (χ0) is 15.5. The average Bonchev–Trinajstić information content (AvgIpc) is 2.80. The van der Waals surface area contributed by atoms with Crippen molar-refractivity contribution in [1.82, 2.24) is 5.32 Å². The Balaban J connectivity index is 2.06. The summed E-state index contributed by atoms with van der Waals surface area (Å²) >= 11 is 0. The quantitative estimate of drug-likeness (QED) is 0.877. The Bertz CT molecular complexity index is 554. The number of carbonyl (C=O) groups is 2. The lowest BCUT2D eigenvalue weighted by Crippen LogP contribution is -2.48. The van der Waals surface area contributed by atoms with Crippen LogP contribution in [0.15, 0.2) is 18.2 Å². The van der Waals surface area contributed by atoms with Crippen LogP contribution in [0.3, 0.4) is 0 Å². The van der Waals surface area contributed by atoms with E-state index in [-0.39, 0.29) is 18.4 Å². The largest absolute Gasteiger partial charge is 0.481 e. The van der Waals surface area contributed by atoms with Gasteiger partial charge in [-0.1, -0.05) is 12.8 Å². The van der Waals surface area contributed by atoms with Gasteiger partial charge in [-0.2, -0.15) is 0 Å². The normalized spacial score (nSPS) is 16.7. The lowest BCUT2D eigenvalue weighted by molar-refractivity contribution is -0.139. The Morgan fingerprint density at radius 2 is 1.90 bits per heavy atom. The van der Waals surface area contributed by atoms with Crippen molar-refractivity contribution in [1.29, 1.82) is 0 Å². The summed E-state index contributed by atoms with van der Waals surface area (Å²) in [5.74, 6) is -2.72. The third-order valence-electron chi connectivity index (χ3n) is 3.81. The Labute approximate surface area is 121 Å². The number of rotatable bonds is 5. The third kappa shape index (κ3) is 4.00. The van der Waals surface area contributed by atoms with Gasteiger partial charge in [-0.25, -0.2) is 8.78 Å². The number of aliphatic carboxylic acids is 1. The Morgan fingerprint density at radius 1 is 1.24 bits per heavy atom. The van der Waals surface area contributed by atoms with Gasteiger partial charge in [0.05, 0.1) is 18.4 Å². The molecule has 1 aliphatic carbocycles. The van der Waals surface area contributed by atoms with E-state index in [0.717, 1.165) is 31.0 Å². The van der Waals surface area contributed by atoms with Gasteiger partial charge in [0.25, 0.3) is 0 Å². The molecule has 2 N–H and O–H groups in total. The molecular formula is C15H17F2NO3. The molecule has 1 aliphatic rings. The molecule has 1 amide bonds. The zero-order valence-electron chi connectivity index (χ0n) is 11.5. The fraction of sp³-hybridized carbons (Fsp3) is 0.467. The molecule has 0 unspecified atom stereocenters. The number of halogens is 2. The summed E-state index contributed by atoms with van der Waals surface area (Å²) in [6.45, 7) is 0. The van der Waals surface area contributed by atoms with E-state index in [4.69, 9.17) is 5.11 Å². The molecule has 0 atom stereocenters. The van der Waals surface area contributed by atoms with Crippen LogP contribution in [0.5, 0.6) is 0 Å². The van der Waals surface area contributed by atoms with E-state index in [1.165, 1.54) is 0 Å². The van der Waals surface area contributed by atoms with Crippen LogP contribution < -0.4 is 5.32 Å². The maximum atomic E-state index is 13.5. The first-order valence-corrected chi connectivity index (χ1v) is 6.87. The lowest BCUT2D eigenvalue weighted by atomic mass is 9.92. The Kier molecular flexibility index (Phi) is 4.55. The highest BCUT2D eigenvalue weighted by molar-refractivity contribution is 5.80. The van der Waals surface area contributed by atoms with Crippen LogP contribution >= 0.6 is 0 Å². The van der Waals surface area contributed by atoms with Crippen LogP contribution in [-0.4, -0.2) is 22.5 Å². The molecule has 0 aromatic heterocycles. The molecule has 0 bridgehead atoms. The number of hydrogen-bond acceptors (Lipinski definition) is 2. The number of carboxylic acids is 1. The van der Waals surface area contributed by atoms with Crippen molar-refractivity contribution >= 4 is 11.9 Å². The minimum absolute atomic E-state index is 0.0315. The lowest BCUT2D eigenvalue weighted by Gasteiger charge is -2.28. The molecule has 2 rings (SSSR count). The van der Waals surface area contributed by atoms with E-state index in [1.54, 1.807) is 0 Å². The molecule has 0 spiro atoms. The predicted molar refractivity (Wildman–Crippen MR) is 71.7 cm³/mol. The van der Waals surface area contributed by atoms with Crippen LogP contribution in [0.4, 0.5) is 8.78 Å². The van der Waals surface area contributed by atoms with Crippen molar-refractivity contribution in [3.8, 4) is 0 Å². The Morgan fingerprint density at radius 3 is 2.52 bits per heavy atom.